The van der Waals surface area contributed by atoms with Crippen LogP contribution in [0.1, 0.15) is 17.3 Å². The van der Waals surface area contributed by atoms with Crippen LogP contribution in [0.15, 0.2) is 53.4 Å². The summed E-state index contributed by atoms with van der Waals surface area (Å²) in [6.07, 6.45) is -0.181. The van der Waals surface area contributed by atoms with Gasteiger partial charge in [-0.05, 0) is 30.0 Å². The largest absolute Gasteiger partial charge is 0.486 e. The topological polar surface area (TPSA) is 47.6 Å². The first-order valence-electron chi connectivity index (χ1n) is 7.66. The highest BCUT2D eigenvalue weighted by molar-refractivity contribution is 7.99. The minimum atomic E-state index is -0.181. The van der Waals surface area contributed by atoms with E-state index in [9.17, 15) is 4.79 Å². The van der Waals surface area contributed by atoms with Gasteiger partial charge in [0.1, 0.15) is 12.7 Å². The average molecular weight is 329 g/mol. The maximum absolute atomic E-state index is 12.4. The molecule has 1 aliphatic rings. The Morgan fingerprint density at radius 2 is 1.91 bits per heavy atom. The smallest absolute Gasteiger partial charge is 0.252 e. The van der Waals surface area contributed by atoms with Crippen LogP contribution in [0.2, 0.25) is 0 Å². The molecule has 1 atom stereocenters. The van der Waals surface area contributed by atoms with Gasteiger partial charge in [-0.15, -0.1) is 11.8 Å². The number of nitrogens with one attached hydrogen (secondary N) is 1. The predicted octanol–water partition coefficient (Wildman–Crippen LogP) is 3.37. The monoisotopic (exact) mass is 329 g/mol. The van der Waals surface area contributed by atoms with Gasteiger partial charge in [0.15, 0.2) is 11.5 Å². The lowest BCUT2D eigenvalue weighted by Crippen LogP contribution is -2.40. The number of amides is 1. The first-order valence-corrected chi connectivity index (χ1v) is 8.65. The Labute approximate surface area is 140 Å². The van der Waals surface area contributed by atoms with Crippen molar-refractivity contribution in [2.45, 2.75) is 17.9 Å². The number of hydrogen-bond acceptors (Lipinski definition) is 4. The Morgan fingerprint density at radius 3 is 2.74 bits per heavy atom. The number of ether oxygens (including phenoxy) is 2. The van der Waals surface area contributed by atoms with Crippen molar-refractivity contribution >= 4 is 17.7 Å². The van der Waals surface area contributed by atoms with E-state index in [1.165, 1.54) is 0 Å². The van der Waals surface area contributed by atoms with Crippen molar-refractivity contribution in [1.82, 2.24) is 5.32 Å². The van der Waals surface area contributed by atoms with Crippen LogP contribution >= 0.6 is 11.8 Å². The molecule has 2 aromatic rings. The summed E-state index contributed by atoms with van der Waals surface area (Å²) in [5.41, 5.74) is 0.705. The zero-order valence-electron chi connectivity index (χ0n) is 13.0. The molecule has 1 amide bonds. The van der Waals surface area contributed by atoms with Crippen LogP contribution in [0, 0.1) is 0 Å². The number of thioether (sulfide) groups is 1. The molecule has 1 aliphatic heterocycles. The number of carbonyl (C=O) groups is 1. The molecular weight excluding hydrogens is 310 g/mol. The fourth-order valence-electron chi connectivity index (χ4n) is 2.40. The van der Waals surface area contributed by atoms with E-state index in [0.29, 0.717) is 18.7 Å². The second-order valence-electron chi connectivity index (χ2n) is 5.14. The van der Waals surface area contributed by atoms with Crippen molar-refractivity contribution in [3.63, 3.8) is 0 Å². The van der Waals surface area contributed by atoms with Gasteiger partial charge in [0.2, 0.25) is 0 Å². The van der Waals surface area contributed by atoms with Gasteiger partial charge < -0.3 is 14.8 Å². The maximum Gasteiger partial charge on any atom is 0.252 e. The molecule has 1 unspecified atom stereocenters. The Bertz CT molecular complexity index is 689. The summed E-state index contributed by atoms with van der Waals surface area (Å²) >= 11 is 1.67. The van der Waals surface area contributed by atoms with E-state index >= 15 is 0 Å². The minimum Gasteiger partial charge on any atom is -0.486 e. The molecule has 3 rings (SSSR count). The van der Waals surface area contributed by atoms with Crippen molar-refractivity contribution in [2.75, 3.05) is 18.9 Å². The number of para-hydroxylation sites is 2. The molecule has 2 aromatic carbocycles. The third kappa shape index (κ3) is 3.79. The van der Waals surface area contributed by atoms with Gasteiger partial charge in [-0.3, -0.25) is 4.79 Å². The number of rotatable bonds is 5. The standard InChI is InChI=1S/C18H19NO3S/c1-2-23-17-10-6-3-7-14(17)18(20)19-11-13-12-21-15-8-4-5-9-16(15)22-13/h3-10,13H,2,11-12H2,1H3,(H,19,20). The second kappa shape index (κ2) is 7.42. The van der Waals surface area contributed by atoms with Crippen LogP contribution in [-0.4, -0.2) is 30.9 Å². The van der Waals surface area contributed by atoms with E-state index < -0.39 is 0 Å². The van der Waals surface area contributed by atoms with Crippen LogP contribution in [0.25, 0.3) is 0 Å². The second-order valence-corrected chi connectivity index (χ2v) is 6.44. The van der Waals surface area contributed by atoms with Gasteiger partial charge in [0, 0.05) is 4.90 Å². The molecule has 0 bridgehead atoms. The maximum atomic E-state index is 12.4. The lowest BCUT2D eigenvalue weighted by Gasteiger charge is -2.26. The molecule has 120 valence electrons. The van der Waals surface area contributed by atoms with Crippen molar-refractivity contribution in [1.29, 1.82) is 0 Å². The molecule has 0 spiro atoms. The van der Waals surface area contributed by atoms with E-state index in [1.807, 2.05) is 48.5 Å². The number of hydrogen-bond donors (Lipinski definition) is 1. The molecule has 0 fully saturated rings. The Hall–Kier alpha value is -2.14. The lowest BCUT2D eigenvalue weighted by molar-refractivity contribution is 0.0787. The van der Waals surface area contributed by atoms with E-state index in [-0.39, 0.29) is 12.0 Å². The van der Waals surface area contributed by atoms with Crippen molar-refractivity contribution < 1.29 is 14.3 Å². The lowest BCUT2D eigenvalue weighted by atomic mass is 10.2. The highest BCUT2D eigenvalue weighted by Crippen LogP contribution is 2.30. The summed E-state index contributed by atoms with van der Waals surface area (Å²) in [5, 5.41) is 2.94. The first-order chi connectivity index (χ1) is 11.3. The molecule has 0 aliphatic carbocycles. The van der Waals surface area contributed by atoms with Gasteiger partial charge in [0.05, 0.1) is 12.1 Å². The quantitative estimate of drug-likeness (QED) is 0.855. The SMILES string of the molecule is CCSc1ccccc1C(=O)NCC1COc2ccccc2O1. The number of fused-ring (bicyclic) bond motifs is 1. The Balaban J connectivity index is 1.60. The Morgan fingerprint density at radius 1 is 1.17 bits per heavy atom. The molecule has 0 radical (unpaired) electrons. The van der Waals surface area contributed by atoms with E-state index in [4.69, 9.17) is 9.47 Å². The zero-order valence-corrected chi connectivity index (χ0v) is 13.8. The van der Waals surface area contributed by atoms with Crippen molar-refractivity contribution in [3.05, 3.63) is 54.1 Å². The molecule has 0 saturated carbocycles. The van der Waals surface area contributed by atoms with Crippen molar-refractivity contribution in [3.8, 4) is 11.5 Å². The van der Waals surface area contributed by atoms with Gasteiger partial charge in [-0.25, -0.2) is 0 Å². The Kier molecular flexibility index (Phi) is 5.08. The molecule has 1 N–H and O–H groups in total. The van der Waals surface area contributed by atoms with E-state index in [1.54, 1.807) is 11.8 Å². The van der Waals surface area contributed by atoms with Crippen LogP contribution in [0.5, 0.6) is 11.5 Å². The molecule has 5 heteroatoms. The summed E-state index contributed by atoms with van der Waals surface area (Å²) in [5.74, 6) is 2.32. The molecule has 0 saturated heterocycles. The van der Waals surface area contributed by atoms with Gasteiger partial charge in [0.25, 0.3) is 5.91 Å². The fraction of sp³-hybridized carbons (Fsp3) is 0.278. The normalized spacial score (nSPS) is 16.0. The van der Waals surface area contributed by atoms with Gasteiger partial charge in [-0.2, -0.15) is 0 Å². The summed E-state index contributed by atoms with van der Waals surface area (Å²) in [6, 6.07) is 15.2. The van der Waals surface area contributed by atoms with Crippen LogP contribution in [0.4, 0.5) is 0 Å². The molecule has 0 aromatic heterocycles. The number of carbonyl (C=O) groups excluding carboxylic acids is 1. The minimum absolute atomic E-state index is 0.0796. The molecule has 4 nitrogen and oxygen atoms in total. The van der Waals surface area contributed by atoms with Crippen molar-refractivity contribution in [2.24, 2.45) is 0 Å². The third-order valence-electron chi connectivity index (χ3n) is 3.49. The van der Waals surface area contributed by atoms with Crippen LogP contribution < -0.4 is 14.8 Å². The van der Waals surface area contributed by atoms with Gasteiger partial charge >= 0.3 is 0 Å². The highest BCUT2D eigenvalue weighted by Gasteiger charge is 2.21. The summed E-state index contributed by atoms with van der Waals surface area (Å²) in [7, 11) is 0. The summed E-state index contributed by atoms with van der Waals surface area (Å²) < 4.78 is 11.5. The van der Waals surface area contributed by atoms with Crippen LogP contribution in [0.3, 0.4) is 0 Å². The zero-order chi connectivity index (χ0) is 16.1. The average Bonchev–Trinajstić information content (AvgIpc) is 2.60. The fourth-order valence-corrected chi connectivity index (χ4v) is 3.20. The first kappa shape index (κ1) is 15.7. The van der Waals surface area contributed by atoms with Gasteiger partial charge in [-0.1, -0.05) is 31.2 Å². The number of benzene rings is 2. The summed E-state index contributed by atoms with van der Waals surface area (Å²) in [4.78, 5) is 13.4. The predicted molar refractivity (Wildman–Crippen MR) is 91.5 cm³/mol. The molecular formula is C18H19NO3S. The van der Waals surface area contributed by atoms with E-state index in [2.05, 4.69) is 12.2 Å². The highest BCUT2D eigenvalue weighted by atomic mass is 32.2. The summed E-state index contributed by atoms with van der Waals surface area (Å²) in [6.45, 7) is 2.92. The third-order valence-corrected chi connectivity index (χ3v) is 4.45. The molecule has 1 heterocycles. The van der Waals surface area contributed by atoms with Crippen LogP contribution in [-0.2, 0) is 0 Å². The van der Waals surface area contributed by atoms with E-state index in [0.717, 1.165) is 22.1 Å². The molecule has 23 heavy (non-hydrogen) atoms.